The fourth-order valence-corrected chi connectivity index (χ4v) is 3.68. The summed E-state index contributed by atoms with van der Waals surface area (Å²) in [5, 5.41) is 0. The normalized spacial score (nSPS) is 20.2. The molecule has 130 valence electrons. The highest BCUT2D eigenvalue weighted by molar-refractivity contribution is 5.92. The Hall–Kier alpha value is -2.34. The van der Waals surface area contributed by atoms with Gasteiger partial charge >= 0.3 is 0 Å². The van der Waals surface area contributed by atoms with Gasteiger partial charge in [-0.3, -0.25) is 4.79 Å². The molecular weight excluding hydrogens is 316 g/mol. The van der Waals surface area contributed by atoms with E-state index in [2.05, 4.69) is 15.0 Å². The van der Waals surface area contributed by atoms with E-state index in [-0.39, 0.29) is 5.91 Å². The van der Waals surface area contributed by atoms with Gasteiger partial charge < -0.3 is 9.64 Å². The number of pyridine rings is 1. The van der Waals surface area contributed by atoms with Gasteiger partial charge in [0, 0.05) is 43.4 Å². The van der Waals surface area contributed by atoms with Gasteiger partial charge in [0.25, 0.3) is 5.91 Å². The van der Waals surface area contributed by atoms with Gasteiger partial charge in [-0.05, 0) is 37.5 Å². The average molecular weight is 338 g/mol. The van der Waals surface area contributed by atoms with Crippen LogP contribution in [-0.4, -0.2) is 52.1 Å². The molecule has 0 N–H and O–H groups in total. The standard InChI is InChI=1S/C19H22N4O2/c1-13-3-2-4-17(22-13)19(24)23-8-5-15-16(6-9-23)20-12-21-18(15)14-7-10-25-11-14/h2-4,12,14H,5-11H2,1H3/t14-/m1/s1. The maximum Gasteiger partial charge on any atom is 0.272 e. The molecule has 0 aromatic carbocycles. The van der Waals surface area contributed by atoms with Crippen molar-refractivity contribution in [2.24, 2.45) is 0 Å². The molecule has 25 heavy (non-hydrogen) atoms. The van der Waals surface area contributed by atoms with Crippen LogP contribution in [0.5, 0.6) is 0 Å². The molecule has 0 spiro atoms. The lowest BCUT2D eigenvalue weighted by molar-refractivity contribution is 0.0756. The number of aryl methyl sites for hydroxylation is 1. The van der Waals surface area contributed by atoms with E-state index >= 15 is 0 Å². The van der Waals surface area contributed by atoms with E-state index in [1.54, 1.807) is 12.4 Å². The second-order valence-corrected chi connectivity index (χ2v) is 6.70. The van der Waals surface area contributed by atoms with Crippen molar-refractivity contribution in [1.82, 2.24) is 19.9 Å². The van der Waals surface area contributed by atoms with Crippen molar-refractivity contribution in [2.45, 2.75) is 32.1 Å². The van der Waals surface area contributed by atoms with E-state index in [1.807, 2.05) is 24.0 Å². The number of fused-ring (bicyclic) bond motifs is 1. The number of carbonyl (C=O) groups excluding carboxylic acids is 1. The zero-order valence-electron chi connectivity index (χ0n) is 14.4. The minimum Gasteiger partial charge on any atom is -0.381 e. The summed E-state index contributed by atoms with van der Waals surface area (Å²) in [5.74, 6) is 0.354. The van der Waals surface area contributed by atoms with Gasteiger partial charge in [-0.25, -0.2) is 15.0 Å². The van der Waals surface area contributed by atoms with Crippen LogP contribution in [0.4, 0.5) is 0 Å². The molecule has 4 heterocycles. The van der Waals surface area contributed by atoms with E-state index in [0.29, 0.717) is 24.7 Å². The zero-order valence-corrected chi connectivity index (χ0v) is 14.4. The highest BCUT2D eigenvalue weighted by Crippen LogP contribution is 2.29. The minimum atomic E-state index is -0.00443. The molecule has 1 saturated heterocycles. The first kappa shape index (κ1) is 16.1. The Morgan fingerprint density at radius 1 is 1.24 bits per heavy atom. The Kier molecular flexibility index (Phi) is 4.44. The lowest BCUT2D eigenvalue weighted by Gasteiger charge is -2.20. The van der Waals surface area contributed by atoms with Crippen LogP contribution in [-0.2, 0) is 17.6 Å². The Labute approximate surface area is 147 Å². The van der Waals surface area contributed by atoms with Crippen LogP contribution in [0.3, 0.4) is 0 Å². The summed E-state index contributed by atoms with van der Waals surface area (Å²) >= 11 is 0. The molecular formula is C19H22N4O2. The fraction of sp³-hybridized carbons (Fsp3) is 0.474. The second-order valence-electron chi connectivity index (χ2n) is 6.70. The van der Waals surface area contributed by atoms with Gasteiger partial charge in [-0.2, -0.15) is 0 Å². The molecule has 1 amide bonds. The van der Waals surface area contributed by atoms with E-state index in [1.165, 1.54) is 5.56 Å². The Morgan fingerprint density at radius 2 is 2.12 bits per heavy atom. The number of hydrogen-bond acceptors (Lipinski definition) is 5. The van der Waals surface area contributed by atoms with Crippen molar-refractivity contribution in [3.63, 3.8) is 0 Å². The highest BCUT2D eigenvalue weighted by atomic mass is 16.5. The van der Waals surface area contributed by atoms with Gasteiger partial charge in [-0.1, -0.05) is 6.07 Å². The molecule has 4 rings (SSSR count). The van der Waals surface area contributed by atoms with Gasteiger partial charge in [0.15, 0.2) is 0 Å². The molecule has 2 aliphatic rings. The summed E-state index contributed by atoms with van der Waals surface area (Å²) in [6, 6.07) is 5.57. The van der Waals surface area contributed by atoms with Crippen molar-refractivity contribution in [3.05, 3.63) is 52.9 Å². The number of amides is 1. The van der Waals surface area contributed by atoms with Crippen molar-refractivity contribution in [1.29, 1.82) is 0 Å². The van der Waals surface area contributed by atoms with E-state index < -0.39 is 0 Å². The lowest BCUT2D eigenvalue weighted by atomic mass is 9.96. The maximum atomic E-state index is 12.8. The van der Waals surface area contributed by atoms with Crippen molar-refractivity contribution < 1.29 is 9.53 Å². The molecule has 0 unspecified atom stereocenters. The van der Waals surface area contributed by atoms with Crippen LogP contribution in [0.15, 0.2) is 24.5 Å². The van der Waals surface area contributed by atoms with Crippen LogP contribution < -0.4 is 0 Å². The van der Waals surface area contributed by atoms with Gasteiger partial charge in [-0.15, -0.1) is 0 Å². The Bertz CT molecular complexity index is 787. The topological polar surface area (TPSA) is 68.2 Å². The number of ether oxygens (including phenoxy) is 1. The van der Waals surface area contributed by atoms with E-state index in [4.69, 9.17) is 4.74 Å². The molecule has 2 aromatic heterocycles. The first-order valence-electron chi connectivity index (χ1n) is 8.85. The zero-order chi connectivity index (χ0) is 17.2. The summed E-state index contributed by atoms with van der Waals surface area (Å²) in [6.07, 6.45) is 4.22. The molecule has 6 nitrogen and oxygen atoms in total. The number of nitrogens with zero attached hydrogens (tertiary/aromatic N) is 4. The predicted octanol–water partition coefficient (Wildman–Crippen LogP) is 1.92. The van der Waals surface area contributed by atoms with Gasteiger partial charge in [0.05, 0.1) is 12.3 Å². The monoisotopic (exact) mass is 338 g/mol. The largest absolute Gasteiger partial charge is 0.381 e. The first-order chi connectivity index (χ1) is 12.2. The molecule has 0 radical (unpaired) electrons. The Morgan fingerprint density at radius 3 is 2.92 bits per heavy atom. The van der Waals surface area contributed by atoms with Gasteiger partial charge in [0.1, 0.15) is 12.0 Å². The van der Waals surface area contributed by atoms with E-state index in [9.17, 15) is 4.79 Å². The molecule has 1 atom stereocenters. The third-order valence-electron chi connectivity index (χ3n) is 5.03. The summed E-state index contributed by atoms with van der Waals surface area (Å²) in [4.78, 5) is 28.1. The summed E-state index contributed by atoms with van der Waals surface area (Å²) in [5.41, 5.74) is 4.78. The molecule has 0 saturated carbocycles. The average Bonchev–Trinajstić information content (AvgIpc) is 3.07. The molecule has 2 aliphatic heterocycles. The van der Waals surface area contributed by atoms with Gasteiger partial charge in [0.2, 0.25) is 0 Å². The number of aromatic nitrogens is 3. The van der Waals surface area contributed by atoms with Crippen LogP contribution in [0, 0.1) is 6.92 Å². The van der Waals surface area contributed by atoms with E-state index in [0.717, 1.165) is 49.6 Å². The summed E-state index contributed by atoms with van der Waals surface area (Å²) in [6.45, 7) is 4.78. The molecule has 6 heteroatoms. The van der Waals surface area contributed by atoms with Crippen molar-refractivity contribution in [2.75, 3.05) is 26.3 Å². The summed E-state index contributed by atoms with van der Waals surface area (Å²) in [7, 11) is 0. The molecule has 2 aromatic rings. The van der Waals surface area contributed by atoms with Crippen molar-refractivity contribution >= 4 is 5.91 Å². The highest BCUT2D eigenvalue weighted by Gasteiger charge is 2.27. The fourth-order valence-electron chi connectivity index (χ4n) is 3.68. The summed E-state index contributed by atoms with van der Waals surface area (Å²) < 4.78 is 5.53. The van der Waals surface area contributed by atoms with Crippen LogP contribution in [0.25, 0.3) is 0 Å². The second kappa shape index (κ2) is 6.88. The third-order valence-corrected chi connectivity index (χ3v) is 5.03. The van der Waals surface area contributed by atoms with Crippen LogP contribution in [0.2, 0.25) is 0 Å². The SMILES string of the molecule is Cc1cccc(C(=O)N2CCc3ncnc([C@@H]4CCOC4)c3CC2)n1. The maximum absolute atomic E-state index is 12.8. The van der Waals surface area contributed by atoms with Crippen LogP contribution >= 0.6 is 0 Å². The first-order valence-corrected chi connectivity index (χ1v) is 8.85. The lowest BCUT2D eigenvalue weighted by Crippen LogP contribution is -2.34. The minimum absolute atomic E-state index is 0.00443. The predicted molar refractivity (Wildman–Crippen MR) is 92.5 cm³/mol. The number of carbonyl (C=O) groups is 1. The Balaban J connectivity index is 1.55. The number of rotatable bonds is 2. The number of hydrogen-bond donors (Lipinski definition) is 0. The third kappa shape index (κ3) is 3.26. The molecule has 0 aliphatic carbocycles. The van der Waals surface area contributed by atoms with Crippen molar-refractivity contribution in [3.8, 4) is 0 Å². The quantitative estimate of drug-likeness (QED) is 0.837. The molecule has 1 fully saturated rings. The smallest absolute Gasteiger partial charge is 0.272 e. The molecule has 0 bridgehead atoms. The van der Waals surface area contributed by atoms with Crippen LogP contribution in [0.1, 0.15) is 45.5 Å².